The Balaban J connectivity index is 1.42. The molecule has 7 heteroatoms. The van der Waals surface area contributed by atoms with E-state index in [9.17, 15) is 4.79 Å². The second-order valence-electron chi connectivity index (χ2n) is 7.70. The van der Waals surface area contributed by atoms with Crippen molar-refractivity contribution in [3.05, 3.63) is 103 Å². The fourth-order valence-corrected chi connectivity index (χ4v) is 5.65. The Hall–Kier alpha value is -2.91. The summed E-state index contributed by atoms with van der Waals surface area (Å²) in [4.78, 5) is 12.7. The largest absolute Gasteiger partial charge is 0.450 e. The Morgan fingerprint density at radius 1 is 1.12 bits per heavy atom. The van der Waals surface area contributed by atoms with Crippen LogP contribution in [0, 0.1) is 10.5 Å². The Morgan fingerprint density at radius 2 is 1.88 bits per heavy atom. The van der Waals surface area contributed by atoms with Gasteiger partial charge >= 0.3 is 5.91 Å². The third-order valence-electron chi connectivity index (χ3n) is 5.58. The van der Waals surface area contributed by atoms with Crippen LogP contribution in [-0.2, 0) is 6.54 Å². The number of furan rings is 1. The van der Waals surface area contributed by atoms with Crippen molar-refractivity contribution in [3.8, 4) is 0 Å². The van der Waals surface area contributed by atoms with Gasteiger partial charge in [-0.15, -0.1) is 0 Å². The Labute approximate surface area is 212 Å². The SMILES string of the molecule is Cc1c(/C=N\NC(=O)c2cc3cc(Br)cc(I)c3o2)c2ccccc2n1Cc1ccccc1. The van der Waals surface area contributed by atoms with Crippen molar-refractivity contribution < 1.29 is 9.21 Å². The number of carbonyl (C=O) groups is 1. The molecule has 5 nitrogen and oxygen atoms in total. The van der Waals surface area contributed by atoms with Crippen molar-refractivity contribution in [2.45, 2.75) is 13.5 Å². The zero-order valence-electron chi connectivity index (χ0n) is 17.7. The van der Waals surface area contributed by atoms with Crippen LogP contribution in [-0.4, -0.2) is 16.7 Å². The maximum atomic E-state index is 12.7. The van der Waals surface area contributed by atoms with Crippen LogP contribution >= 0.6 is 38.5 Å². The van der Waals surface area contributed by atoms with E-state index in [2.05, 4.69) is 84.8 Å². The molecule has 1 amide bonds. The zero-order chi connectivity index (χ0) is 22.9. The number of nitrogens with zero attached hydrogens (tertiary/aromatic N) is 2. The van der Waals surface area contributed by atoms with Gasteiger partial charge in [0.25, 0.3) is 0 Å². The Kier molecular flexibility index (Phi) is 6.07. The third kappa shape index (κ3) is 4.35. The van der Waals surface area contributed by atoms with Gasteiger partial charge in [-0.05, 0) is 59.3 Å². The van der Waals surface area contributed by atoms with Gasteiger partial charge in [0.1, 0.15) is 5.58 Å². The smallest absolute Gasteiger partial charge is 0.307 e. The number of carbonyl (C=O) groups excluding carboxylic acids is 1. The van der Waals surface area contributed by atoms with E-state index in [0.717, 1.165) is 42.1 Å². The number of para-hydroxylation sites is 1. The quantitative estimate of drug-likeness (QED) is 0.134. The van der Waals surface area contributed by atoms with Gasteiger partial charge in [-0.25, -0.2) is 5.43 Å². The molecule has 0 radical (unpaired) electrons. The maximum Gasteiger partial charge on any atom is 0.307 e. The van der Waals surface area contributed by atoms with Crippen molar-refractivity contribution in [1.29, 1.82) is 0 Å². The predicted molar refractivity (Wildman–Crippen MR) is 144 cm³/mol. The highest BCUT2D eigenvalue weighted by Gasteiger charge is 2.15. The molecule has 1 N–H and O–H groups in total. The van der Waals surface area contributed by atoms with Crippen molar-refractivity contribution >= 4 is 72.5 Å². The van der Waals surface area contributed by atoms with Gasteiger partial charge in [0.15, 0.2) is 5.76 Å². The number of nitrogens with one attached hydrogen (secondary N) is 1. The van der Waals surface area contributed by atoms with E-state index in [4.69, 9.17) is 4.42 Å². The summed E-state index contributed by atoms with van der Waals surface area (Å²) >= 11 is 5.67. The summed E-state index contributed by atoms with van der Waals surface area (Å²) in [5, 5.41) is 6.20. The summed E-state index contributed by atoms with van der Waals surface area (Å²) in [5.74, 6) is -0.165. The maximum absolute atomic E-state index is 12.7. The van der Waals surface area contributed by atoms with Crippen LogP contribution in [0.2, 0.25) is 0 Å². The number of hydrogen-bond donors (Lipinski definition) is 1. The molecule has 0 aliphatic heterocycles. The van der Waals surface area contributed by atoms with Crippen LogP contribution in [0.1, 0.15) is 27.4 Å². The molecule has 0 saturated carbocycles. The van der Waals surface area contributed by atoms with Crippen LogP contribution in [0.3, 0.4) is 0 Å². The van der Waals surface area contributed by atoms with Gasteiger partial charge in [-0.1, -0.05) is 64.5 Å². The van der Waals surface area contributed by atoms with E-state index in [-0.39, 0.29) is 11.7 Å². The first kappa shape index (κ1) is 21.9. The summed E-state index contributed by atoms with van der Waals surface area (Å²) in [6, 6.07) is 24.2. The summed E-state index contributed by atoms with van der Waals surface area (Å²) < 4.78 is 9.90. The predicted octanol–water partition coefficient (Wildman–Crippen LogP) is 6.88. The lowest BCUT2D eigenvalue weighted by Gasteiger charge is -2.08. The van der Waals surface area contributed by atoms with Crippen LogP contribution < -0.4 is 5.43 Å². The minimum Gasteiger partial charge on any atom is -0.450 e. The molecule has 3 aromatic carbocycles. The molecule has 0 unspecified atom stereocenters. The number of hydrogen-bond acceptors (Lipinski definition) is 3. The van der Waals surface area contributed by atoms with E-state index in [1.165, 1.54) is 5.56 Å². The second-order valence-corrected chi connectivity index (χ2v) is 9.78. The van der Waals surface area contributed by atoms with E-state index in [0.29, 0.717) is 5.58 Å². The van der Waals surface area contributed by atoms with Crippen molar-refractivity contribution in [3.63, 3.8) is 0 Å². The molecule has 5 rings (SSSR count). The Bertz CT molecular complexity index is 1520. The van der Waals surface area contributed by atoms with Crippen LogP contribution in [0.4, 0.5) is 0 Å². The van der Waals surface area contributed by atoms with Crippen LogP contribution in [0.15, 0.2) is 86.8 Å². The van der Waals surface area contributed by atoms with Crippen LogP contribution in [0.25, 0.3) is 21.9 Å². The molecule has 0 atom stereocenters. The second kappa shape index (κ2) is 9.15. The number of benzene rings is 3. The van der Waals surface area contributed by atoms with Crippen LogP contribution in [0.5, 0.6) is 0 Å². The lowest BCUT2D eigenvalue weighted by Crippen LogP contribution is -2.16. The van der Waals surface area contributed by atoms with Crippen molar-refractivity contribution in [2.75, 3.05) is 0 Å². The number of amides is 1. The van der Waals surface area contributed by atoms with Gasteiger partial charge in [-0.3, -0.25) is 4.79 Å². The average molecular weight is 612 g/mol. The van der Waals surface area contributed by atoms with Gasteiger partial charge in [0.05, 0.1) is 9.78 Å². The topological polar surface area (TPSA) is 59.5 Å². The molecular formula is C26H19BrIN3O2. The molecule has 0 fully saturated rings. The van der Waals surface area contributed by atoms with E-state index < -0.39 is 0 Å². The summed E-state index contributed by atoms with van der Waals surface area (Å²) in [5.41, 5.74) is 7.71. The fourth-order valence-electron chi connectivity index (χ4n) is 3.99. The van der Waals surface area contributed by atoms with Gasteiger partial charge < -0.3 is 8.98 Å². The van der Waals surface area contributed by atoms with Gasteiger partial charge in [0.2, 0.25) is 0 Å². The van der Waals surface area contributed by atoms with Gasteiger partial charge in [-0.2, -0.15) is 5.10 Å². The average Bonchev–Trinajstić information content (AvgIpc) is 3.35. The lowest BCUT2D eigenvalue weighted by atomic mass is 10.1. The molecule has 0 bridgehead atoms. The standard InChI is InChI=1S/C26H19BrIN3O2/c1-16-21(20-9-5-6-10-23(20)31(16)15-17-7-3-2-4-8-17)14-29-30-26(32)24-12-18-11-19(27)13-22(28)25(18)33-24/h2-14H,15H2,1H3,(H,30,32)/b29-14-. The molecule has 33 heavy (non-hydrogen) atoms. The molecular weight excluding hydrogens is 593 g/mol. The van der Waals surface area contributed by atoms with E-state index in [1.54, 1.807) is 12.3 Å². The molecule has 0 aliphatic carbocycles. The third-order valence-corrected chi connectivity index (χ3v) is 6.84. The molecule has 0 aliphatic rings. The molecule has 2 heterocycles. The number of fused-ring (bicyclic) bond motifs is 2. The molecule has 2 aromatic heterocycles. The fraction of sp³-hybridized carbons (Fsp3) is 0.0769. The number of hydrazone groups is 1. The molecule has 164 valence electrons. The minimum absolute atomic E-state index is 0.224. The number of halogens is 2. The normalized spacial score (nSPS) is 11.6. The highest BCUT2D eigenvalue weighted by molar-refractivity contribution is 14.1. The highest BCUT2D eigenvalue weighted by Crippen LogP contribution is 2.29. The van der Waals surface area contributed by atoms with Gasteiger partial charge in [0, 0.05) is 38.6 Å². The summed E-state index contributed by atoms with van der Waals surface area (Å²) in [7, 11) is 0. The first-order chi connectivity index (χ1) is 16.0. The Morgan fingerprint density at radius 3 is 2.70 bits per heavy atom. The highest BCUT2D eigenvalue weighted by atomic mass is 127. The van der Waals surface area contributed by atoms with E-state index >= 15 is 0 Å². The zero-order valence-corrected chi connectivity index (χ0v) is 21.4. The number of rotatable bonds is 5. The molecule has 0 spiro atoms. The molecule has 0 saturated heterocycles. The molecule has 5 aromatic rings. The van der Waals surface area contributed by atoms with Crippen molar-refractivity contribution in [1.82, 2.24) is 9.99 Å². The van der Waals surface area contributed by atoms with E-state index in [1.807, 2.05) is 42.5 Å². The van der Waals surface area contributed by atoms with Crippen molar-refractivity contribution in [2.24, 2.45) is 5.10 Å². The first-order valence-corrected chi connectivity index (χ1v) is 12.2. The lowest BCUT2D eigenvalue weighted by molar-refractivity contribution is 0.0929. The monoisotopic (exact) mass is 611 g/mol. The number of aromatic nitrogens is 1. The summed E-state index contributed by atoms with van der Waals surface area (Å²) in [6.45, 7) is 2.84. The minimum atomic E-state index is -0.389. The first-order valence-electron chi connectivity index (χ1n) is 10.3. The summed E-state index contributed by atoms with van der Waals surface area (Å²) in [6.07, 6.45) is 1.71.